The summed E-state index contributed by atoms with van der Waals surface area (Å²) in [4.78, 5) is -0.291. The molecule has 0 heterocycles. The highest BCUT2D eigenvalue weighted by atomic mass is 32.2. The van der Waals surface area contributed by atoms with Crippen LogP contribution in [-0.4, -0.2) is 26.4 Å². The first-order valence-corrected chi connectivity index (χ1v) is 6.54. The Balaban J connectivity index is 3.19. The molecular formula is C11H15NO4S. The summed E-state index contributed by atoms with van der Waals surface area (Å²) in [6.07, 6.45) is -0.626. The molecule has 0 aliphatic rings. The quantitative estimate of drug-likeness (QED) is 0.596. The number of ether oxygens (including phenoxy) is 1. The number of nitrogens with two attached hydrogens (primary N) is 1. The summed E-state index contributed by atoms with van der Waals surface area (Å²) in [5.41, 5.74) is 5.23. The Kier molecular flexibility index (Phi) is 4.68. The van der Waals surface area contributed by atoms with Gasteiger partial charge in [0.25, 0.3) is 0 Å². The molecule has 0 radical (unpaired) electrons. The molecule has 0 saturated carbocycles. The minimum absolute atomic E-state index is 0.0652. The van der Waals surface area contributed by atoms with E-state index in [2.05, 4.69) is 0 Å². The van der Waals surface area contributed by atoms with Gasteiger partial charge in [-0.15, -0.1) is 0 Å². The van der Waals surface area contributed by atoms with E-state index in [0.29, 0.717) is 6.61 Å². The van der Waals surface area contributed by atoms with Crippen LogP contribution in [0.15, 0.2) is 46.4 Å². The highest BCUT2D eigenvalue weighted by Gasteiger charge is 2.25. The van der Waals surface area contributed by atoms with Crippen molar-refractivity contribution in [3.8, 4) is 0 Å². The lowest BCUT2D eigenvalue weighted by Gasteiger charge is -2.11. The van der Waals surface area contributed by atoms with Crippen LogP contribution in [0.3, 0.4) is 0 Å². The summed E-state index contributed by atoms with van der Waals surface area (Å²) < 4.78 is 29.1. The SMILES string of the molecule is CCO/C=C(\C(N)O)S(=O)(=O)c1ccccc1. The van der Waals surface area contributed by atoms with Gasteiger partial charge in [0, 0.05) is 0 Å². The van der Waals surface area contributed by atoms with Gasteiger partial charge in [0.15, 0.2) is 0 Å². The first-order valence-electron chi connectivity index (χ1n) is 5.05. The predicted octanol–water partition coefficient (Wildman–Crippen LogP) is 0.615. The summed E-state index contributed by atoms with van der Waals surface area (Å²) in [5, 5.41) is 9.29. The van der Waals surface area contributed by atoms with Crippen molar-refractivity contribution in [3.05, 3.63) is 41.5 Å². The smallest absolute Gasteiger partial charge is 0.209 e. The second-order valence-electron chi connectivity index (χ2n) is 3.24. The molecule has 1 rings (SSSR count). The number of hydrogen-bond acceptors (Lipinski definition) is 5. The minimum Gasteiger partial charge on any atom is -0.500 e. The highest BCUT2D eigenvalue weighted by Crippen LogP contribution is 2.20. The maximum Gasteiger partial charge on any atom is 0.209 e. The second kappa shape index (κ2) is 5.81. The largest absolute Gasteiger partial charge is 0.500 e. The molecule has 1 aromatic rings. The van der Waals surface area contributed by atoms with E-state index < -0.39 is 16.1 Å². The van der Waals surface area contributed by atoms with E-state index in [9.17, 15) is 13.5 Å². The molecule has 0 saturated heterocycles. The van der Waals surface area contributed by atoms with Crippen molar-refractivity contribution in [1.82, 2.24) is 0 Å². The monoisotopic (exact) mass is 257 g/mol. The molecule has 94 valence electrons. The molecule has 0 amide bonds. The first kappa shape index (κ1) is 13.7. The Hall–Kier alpha value is -1.37. The van der Waals surface area contributed by atoms with E-state index in [0.717, 1.165) is 6.26 Å². The van der Waals surface area contributed by atoms with Gasteiger partial charge in [0.05, 0.1) is 11.5 Å². The van der Waals surface area contributed by atoms with Crippen molar-refractivity contribution < 1.29 is 18.3 Å². The summed E-state index contributed by atoms with van der Waals surface area (Å²) in [7, 11) is -3.81. The molecule has 0 aliphatic carbocycles. The van der Waals surface area contributed by atoms with Gasteiger partial charge < -0.3 is 15.6 Å². The zero-order valence-electron chi connectivity index (χ0n) is 9.41. The van der Waals surface area contributed by atoms with Crippen LogP contribution in [0, 0.1) is 0 Å². The number of aliphatic hydroxyl groups is 1. The van der Waals surface area contributed by atoms with Crippen molar-refractivity contribution in [2.75, 3.05) is 6.61 Å². The second-order valence-corrected chi connectivity index (χ2v) is 5.19. The Labute approximate surface area is 100 Å². The third-order valence-electron chi connectivity index (χ3n) is 2.02. The molecular weight excluding hydrogens is 242 g/mol. The molecule has 1 atom stereocenters. The Morgan fingerprint density at radius 1 is 1.47 bits per heavy atom. The van der Waals surface area contributed by atoms with Crippen LogP contribution in [0.5, 0.6) is 0 Å². The normalized spacial score (nSPS) is 14.4. The van der Waals surface area contributed by atoms with Gasteiger partial charge in [-0.05, 0) is 19.1 Å². The van der Waals surface area contributed by atoms with Crippen molar-refractivity contribution >= 4 is 9.84 Å². The minimum atomic E-state index is -3.81. The van der Waals surface area contributed by atoms with Crippen molar-refractivity contribution in [3.63, 3.8) is 0 Å². The van der Waals surface area contributed by atoms with E-state index in [-0.39, 0.29) is 9.80 Å². The molecule has 0 bridgehead atoms. The summed E-state index contributed by atoms with van der Waals surface area (Å²) in [6, 6.07) is 7.74. The fourth-order valence-electron chi connectivity index (χ4n) is 1.19. The van der Waals surface area contributed by atoms with Gasteiger partial charge in [0.1, 0.15) is 17.4 Å². The van der Waals surface area contributed by atoms with E-state index in [1.165, 1.54) is 12.1 Å². The predicted molar refractivity (Wildman–Crippen MR) is 63.5 cm³/mol. The average molecular weight is 257 g/mol. The Morgan fingerprint density at radius 3 is 2.53 bits per heavy atom. The van der Waals surface area contributed by atoms with Crippen LogP contribution in [0.4, 0.5) is 0 Å². The molecule has 0 spiro atoms. The average Bonchev–Trinajstić information content (AvgIpc) is 2.30. The fourth-order valence-corrected chi connectivity index (χ4v) is 2.49. The maximum absolute atomic E-state index is 12.1. The lowest BCUT2D eigenvalue weighted by molar-refractivity contribution is 0.211. The third kappa shape index (κ3) is 3.29. The molecule has 0 aromatic heterocycles. The van der Waals surface area contributed by atoms with E-state index in [4.69, 9.17) is 10.5 Å². The number of hydrogen-bond donors (Lipinski definition) is 2. The van der Waals surface area contributed by atoms with E-state index in [1.54, 1.807) is 25.1 Å². The van der Waals surface area contributed by atoms with Crippen LogP contribution < -0.4 is 5.73 Å². The molecule has 3 N–H and O–H groups in total. The molecule has 0 fully saturated rings. The summed E-state index contributed by atoms with van der Waals surface area (Å²) in [6.45, 7) is 1.99. The fraction of sp³-hybridized carbons (Fsp3) is 0.273. The molecule has 6 heteroatoms. The third-order valence-corrected chi connectivity index (χ3v) is 3.87. The lowest BCUT2D eigenvalue weighted by atomic mass is 10.4. The van der Waals surface area contributed by atoms with Gasteiger partial charge >= 0.3 is 0 Å². The summed E-state index contributed by atoms with van der Waals surface area (Å²) in [5.74, 6) is 0. The van der Waals surface area contributed by atoms with Crippen molar-refractivity contribution in [2.45, 2.75) is 18.0 Å². The Bertz CT molecular complexity index is 479. The van der Waals surface area contributed by atoms with Crippen LogP contribution in [0.25, 0.3) is 0 Å². The van der Waals surface area contributed by atoms with Crippen molar-refractivity contribution in [1.29, 1.82) is 0 Å². The van der Waals surface area contributed by atoms with Crippen molar-refractivity contribution in [2.24, 2.45) is 5.73 Å². The topological polar surface area (TPSA) is 89.6 Å². The molecule has 1 unspecified atom stereocenters. The molecule has 1 aromatic carbocycles. The number of benzene rings is 1. The number of sulfone groups is 1. The standard InChI is InChI=1S/C11H15NO4S/c1-2-16-8-10(11(12)13)17(14,15)9-6-4-3-5-7-9/h3-8,11,13H,2,12H2,1H3/b10-8+. The van der Waals surface area contributed by atoms with Crippen LogP contribution in [-0.2, 0) is 14.6 Å². The summed E-state index contributed by atoms with van der Waals surface area (Å²) >= 11 is 0. The van der Waals surface area contributed by atoms with E-state index >= 15 is 0 Å². The highest BCUT2D eigenvalue weighted by molar-refractivity contribution is 7.95. The van der Waals surface area contributed by atoms with Gasteiger partial charge in [0.2, 0.25) is 9.84 Å². The molecule has 0 aliphatic heterocycles. The zero-order valence-corrected chi connectivity index (χ0v) is 10.2. The van der Waals surface area contributed by atoms with Gasteiger partial charge in [-0.25, -0.2) is 8.42 Å². The van der Waals surface area contributed by atoms with Crippen LogP contribution >= 0.6 is 0 Å². The van der Waals surface area contributed by atoms with Crippen LogP contribution in [0.2, 0.25) is 0 Å². The van der Waals surface area contributed by atoms with Gasteiger partial charge in [-0.2, -0.15) is 0 Å². The molecule has 5 nitrogen and oxygen atoms in total. The number of rotatable bonds is 5. The zero-order chi connectivity index (χ0) is 12.9. The van der Waals surface area contributed by atoms with E-state index in [1.807, 2.05) is 0 Å². The number of aliphatic hydroxyl groups excluding tert-OH is 1. The Morgan fingerprint density at radius 2 is 2.06 bits per heavy atom. The first-order chi connectivity index (χ1) is 8.00. The van der Waals surface area contributed by atoms with Crippen LogP contribution in [0.1, 0.15) is 6.92 Å². The van der Waals surface area contributed by atoms with Gasteiger partial charge in [-0.1, -0.05) is 18.2 Å². The lowest BCUT2D eigenvalue weighted by Crippen LogP contribution is -2.27. The van der Waals surface area contributed by atoms with Gasteiger partial charge in [-0.3, -0.25) is 0 Å². The maximum atomic E-state index is 12.1. The molecule has 17 heavy (non-hydrogen) atoms.